The summed E-state index contributed by atoms with van der Waals surface area (Å²) in [6.45, 7) is 0.143. The maximum Gasteiger partial charge on any atom is 0.416 e. The Bertz CT molecular complexity index is 1190. The van der Waals surface area contributed by atoms with Crippen molar-refractivity contribution in [3.8, 4) is 5.88 Å². The molecule has 0 unspecified atom stereocenters. The smallest absolute Gasteiger partial charge is 0.416 e. The highest BCUT2D eigenvalue weighted by atomic mass is 19.4. The van der Waals surface area contributed by atoms with Gasteiger partial charge in [0.25, 0.3) is 0 Å². The fraction of sp³-hybridized carbons (Fsp3) is 0.261. The van der Waals surface area contributed by atoms with E-state index in [0.29, 0.717) is 23.0 Å². The number of halogens is 3. The van der Waals surface area contributed by atoms with E-state index in [1.54, 1.807) is 24.4 Å². The predicted octanol–water partition coefficient (Wildman–Crippen LogP) is 4.92. The fourth-order valence-electron chi connectivity index (χ4n) is 3.08. The van der Waals surface area contributed by atoms with Crippen molar-refractivity contribution in [2.45, 2.75) is 38.5 Å². The molecule has 3 heterocycles. The van der Waals surface area contributed by atoms with Gasteiger partial charge in [-0.15, -0.1) is 10.2 Å². The van der Waals surface area contributed by atoms with Crippen LogP contribution in [0.2, 0.25) is 0 Å². The minimum atomic E-state index is -4.36. The minimum absolute atomic E-state index is 0.143. The Morgan fingerprint density at radius 1 is 0.941 bits per heavy atom. The molecule has 0 spiro atoms. The Morgan fingerprint density at radius 3 is 2.47 bits per heavy atom. The van der Waals surface area contributed by atoms with Crippen LogP contribution in [-0.4, -0.2) is 30.6 Å². The number of hydrogen-bond donors (Lipinski definition) is 1. The molecule has 0 radical (unpaired) electrons. The number of oxazole rings is 1. The van der Waals surface area contributed by atoms with Gasteiger partial charge in [-0.1, -0.05) is 17.3 Å². The summed E-state index contributed by atoms with van der Waals surface area (Å²) in [5, 5.41) is 18.5. The number of aryl methyl sites for hydroxylation is 2. The van der Waals surface area contributed by atoms with Crippen molar-refractivity contribution in [2.75, 3.05) is 0 Å². The Labute approximate surface area is 192 Å². The maximum absolute atomic E-state index is 12.6. The molecule has 1 N–H and O–H groups in total. The molecule has 0 aliphatic heterocycles. The number of H-pyrrole nitrogens is 1. The largest absolute Gasteiger partial charge is 0.470 e. The van der Waals surface area contributed by atoms with Gasteiger partial charge in [0.15, 0.2) is 0 Å². The Kier molecular flexibility index (Phi) is 7.31. The van der Waals surface area contributed by atoms with Gasteiger partial charge in [0.2, 0.25) is 11.8 Å². The zero-order valence-corrected chi connectivity index (χ0v) is 18.0. The highest BCUT2D eigenvalue weighted by Crippen LogP contribution is 2.29. The molecule has 0 saturated heterocycles. The molecule has 34 heavy (non-hydrogen) atoms. The van der Waals surface area contributed by atoms with E-state index in [1.165, 1.54) is 18.4 Å². The van der Waals surface area contributed by atoms with Crippen LogP contribution in [0.4, 0.5) is 13.2 Å². The molecule has 0 bridgehead atoms. The molecule has 0 amide bonds. The van der Waals surface area contributed by atoms with Crippen LogP contribution in [0.1, 0.15) is 46.9 Å². The van der Waals surface area contributed by atoms with E-state index in [9.17, 15) is 13.2 Å². The highest BCUT2D eigenvalue weighted by molar-refractivity contribution is 5.66. The summed E-state index contributed by atoms with van der Waals surface area (Å²) in [6.07, 6.45) is 5.66. The Balaban J connectivity index is 1.21. The molecule has 4 rings (SSSR count). The molecule has 0 atom stereocenters. The molecular weight excluding hydrogens is 449 g/mol. The first-order valence-electron chi connectivity index (χ1n) is 10.6. The quantitative estimate of drug-likeness (QED) is 0.328. The summed E-state index contributed by atoms with van der Waals surface area (Å²) in [7, 11) is 0. The third-order valence-corrected chi connectivity index (χ3v) is 4.88. The van der Waals surface area contributed by atoms with Gasteiger partial charge in [-0.05, 0) is 55.5 Å². The van der Waals surface area contributed by atoms with Crippen molar-refractivity contribution < 1.29 is 22.3 Å². The van der Waals surface area contributed by atoms with Crippen LogP contribution in [0.5, 0.6) is 5.88 Å². The van der Waals surface area contributed by atoms with Crippen LogP contribution < -0.4 is 4.74 Å². The van der Waals surface area contributed by atoms with Crippen LogP contribution >= 0.6 is 0 Å². The van der Waals surface area contributed by atoms with Crippen molar-refractivity contribution in [3.05, 3.63) is 83.0 Å². The predicted molar refractivity (Wildman–Crippen MR) is 116 cm³/mol. The van der Waals surface area contributed by atoms with Gasteiger partial charge in [0, 0.05) is 12.1 Å². The normalized spacial score (nSPS) is 11.9. The summed E-state index contributed by atoms with van der Waals surface area (Å²) < 4.78 is 48.8. The monoisotopic (exact) mass is 470 g/mol. The number of aromatic nitrogens is 6. The molecule has 0 fully saturated rings. The summed E-state index contributed by atoms with van der Waals surface area (Å²) in [5.74, 6) is 0.683. The Hall–Kier alpha value is -4.02. The van der Waals surface area contributed by atoms with Crippen LogP contribution in [-0.2, 0) is 25.6 Å². The summed E-state index contributed by atoms with van der Waals surface area (Å²) >= 11 is 0. The van der Waals surface area contributed by atoms with Crippen molar-refractivity contribution in [2.24, 2.45) is 0 Å². The van der Waals surface area contributed by atoms with Gasteiger partial charge in [0.05, 0.1) is 23.1 Å². The zero-order valence-electron chi connectivity index (χ0n) is 18.0. The third-order valence-electron chi connectivity index (χ3n) is 4.88. The van der Waals surface area contributed by atoms with Crippen molar-refractivity contribution >= 4 is 12.2 Å². The number of aromatic amines is 1. The van der Waals surface area contributed by atoms with Crippen LogP contribution in [0, 0.1) is 0 Å². The summed E-state index contributed by atoms with van der Waals surface area (Å²) in [5.41, 5.74) is 2.34. The van der Waals surface area contributed by atoms with Gasteiger partial charge in [-0.25, -0.2) is 4.98 Å². The van der Waals surface area contributed by atoms with E-state index < -0.39 is 11.7 Å². The number of nitrogens with zero attached hydrogens (tertiary/aromatic N) is 5. The molecular formula is C23H21F3N6O2. The van der Waals surface area contributed by atoms with E-state index >= 15 is 0 Å². The van der Waals surface area contributed by atoms with Gasteiger partial charge in [-0.3, -0.25) is 5.10 Å². The lowest BCUT2D eigenvalue weighted by atomic mass is 10.1. The lowest BCUT2D eigenvalue weighted by Gasteiger charge is -2.05. The van der Waals surface area contributed by atoms with Crippen molar-refractivity contribution in [1.29, 1.82) is 0 Å². The Morgan fingerprint density at radius 2 is 1.76 bits per heavy atom. The second kappa shape index (κ2) is 10.7. The molecule has 176 valence electrons. The lowest BCUT2D eigenvalue weighted by molar-refractivity contribution is -0.137. The number of benzene rings is 1. The van der Waals surface area contributed by atoms with Gasteiger partial charge in [0.1, 0.15) is 18.6 Å². The standard InChI is InChI=1S/C23H21F3N6O2/c24-23(25,26)17-8-5-16(6-9-17)7-11-21-28-20(14-33-21)15-34-22-12-10-18(29-31-22)3-1-2-4-19-13-27-32-30-19/h5-14H,1-4,15H2,(H,27,30,32). The maximum atomic E-state index is 12.6. The van der Waals surface area contributed by atoms with Gasteiger partial charge >= 0.3 is 6.18 Å². The first-order chi connectivity index (χ1) is 16.5. The summed E-state index contributed by atoms with van der Waals surface area (Å²) in [4.78, 5) is 4.27. The van der Waals surface area contributed by atoms with E-state index in [1.807, 2.05) is 6.07 Å². The lowest BCUT2D eigenvalue weighted by Crippen LogP contribution is -2.03. The molecule has 8 nitrogen and oxygen atoms in total. The number of unbranched alkanes of at least 4 members (excludes halogenated alkanes) is 1. The first kappa shape index (κ1) is 23.1. The molecule has 1 aromatic carbocycles. The minimum Gasteiger partial charge on any atom is -0.470 e. The number of nitrogens with one attached hydrogen (secondary N) is 1. The van der Waals surface area contributed by atoms with Gasteiger partial charge in [-0.2, -0.15) is 18.3 Å². The average Bonchev–Trinajstić information content (AvgIpc) is 3.52. The van der Waals surface area contributed by atoms with Gasteiger partial charge < -0.3 is 9.15 Å². The number of ether oxygens (including phenoxy) is 1. The van der Waals surface area contributed by atoms with E-state index in [-0.39, 0.29) is 6.61 Å². The second-order valence-corrected chi connectivity index (χ2v) is 7.47. The zero-order chi connectivity index (χ0) is 23.8. The average molecular weight is 470 g/mol. The van der Waals surface area contributed by atoms with E-state index in [2.05, 4.69) is 30.6 Å². The van der Waals surface area contributed by atoms with Crippen molar-refractivity contribution in [3.63, 3.8) is 0 Å². The van der Waals surface area contributed by atoms with Crippen LogP contribution in [0.3, 0.4) is 0 Å². The second-order valence-electron chi connectivity index (χ2n) is 7.47. The number of rotatable bonds is 10. The molecule has 0 aliphatic carbocycles. The van der Waals surface area contributed by atoms with Crippen LogP contribution in [0.25, 0.3) is 12.2 Å². The molecule has 0 saturated carbocycles. The van der Waals surface area contributed by atoms with E-state index in [4.69, 9.17) is 9.15 Å². The van der Waals surface area contributed by atoms with Crippen LogP contribution in [0.15, 0.2) is 53.3 Å². The fourth-order valence-corrected chi connectivity index (χ4v) is 3.08. The third kappa shape index (κ3) is 6.74. The van der Waals surface area contributed by atoms with Crippen molar-refractivity contribution in [1.82, 2.24) is 30.6 Å². The highest BCUT2D eigenvalue weighted by Gasteiger charge is 2.29. The molecule has 3 aromatic heterocycles. The first-order valence-corrected chi connectivity index (χ1v) is 10.6. The molecule has 0 aliphatic rings. The topological polar surface area (TPSA) is 103 Å². The van der Waals surface area contributed by atoms with E-state index in [0.717, 1.165) is 49.2 Å². The number of hydrogen-bond acceptors (Lipinski definition) is 7. The number of alkyl halides is 3. The molecule has 11 heteroatoms. The summed E-state index contributed by atoms with van der Waals surface area (Å²) in [6, 6.07) is 8.45. The SMILES string of the molecule is FC(F)(F)c1ccc(C=Cc2nc(COc3ccc(CCCCc4cnn[nH]4)nn3)co2)cc1. The molecule has 4 aromatic rings.